The fraction of sp³-hybridized carbons (Fsp3) is 0.417. The Morgan fingerprint density at radius 3 is 2.81 bits per heavy atom. The monoisotopic (exact) mass is 234 g/mol. The molecule has 2 heterocycles. The molecule has 84 valence electrons. The summed E-state index contributed by atoms with van der Waals surface area (Å²) in [7, 11) is 0. The molecule has 1 aliphatic heterocycles. The van der Waals surface area contributed by atoms with E-state index in [-0.39, 0.29) is 0 Å². The number of rotatable bonds is 1. The highest BCUT2D eigenvalue weighted by Gasteiger charge is 2.18. The molecule has 0 saturated carbocycles. The van der Waals surface area contributed by atoms with E-state index < -0.39 is 0 Å². The highest BCUT2D eigenvalue weighted by molar-refractivity contribution is 7.71. The Labute approximate surface area is 99.0 Å². The van der Waals surface area contributed by atoms with E-state index in [1.165, 1.54) is 5.52 Å². The number of imidazole rings is 1. The molecule has 0 unspecified atom stereocenters. The molecule has 0 bridgehead atoms. The number of para-hydroxylation sites is 2. The van der Waals surface area contributed by atoms with Gasteiger partial charge >= 0.3 is 0 Å². The zero-order valence-electron chi connectivity index (χ0n) is 8.98. The highest BCUT2D eigenvalue weighted by Crippen LogP contribution is 2.26. The van der Waals surface area contributed by atoms with Crippen LogP contribution in [0, 0.1) is 4.77 Å². The number of aromatic nitrogens is 2. The Hall–Kier alpha value is -1.13. The van der Waals surface area contributed by atoms with Gasteiger partial charge in [0.05, 0.1) is 11.0 Å². The summed E-state index contributed by atoms with van der Waals surface area (Å²) in [5, 5.41) is 0. The van der Waals surface area contributed by atoms with E-state index >= 15 is 0 Å². The summed E-state index contributed by atoms with van der Waals surface area (Å²) < 4.78 is 8.46. The van der Waals surface area contributed by atoms with Crippen LogP contribution in [0.3, 0.4) is 0 Å². The molecule has 1 aliphatic rings. The average Bonchev–Trinajstić information content (AvgIpc) is 2.66. The fourth-order valence-electron chi connectivity index (χ4n) is 2.38. The van der Waals surface area contributed by atoms with Crippen molar-refractivity contribution in [3.63, 3.8) is 0 Å². The third kappa shape index (κ3) is 1.58. The number of hydrogen-bond acceptors (Lipinski definition) is 2. The molecule has 1 N–H and O–H groups in total. The minimum atomic E-state index is 0.484. The quantitative estimate of drug-likeness (QED) is 0.769. The topological polar surface area (TPSA) is 29.9 Å². The van der Waals surface area contributed by atoms with Gasteiger partial charge in [0.2, 0.25) is 0 Å². The third-order valence-corrected chi connectivity index (χ3v) is 3.48. The van der Waals surface area contributed by atoms with Crippen molar-refractivity contribution in [3.8, 4) is 0 Å². The largest absolute Gasteiger partial charge is 0.381 e. The number of hydrogen-bond donors (Lipinski definition) is 1. The van der Waals surface area contributed by atoms with Crippen molar-refractivity contribution >= 4 is 23.3 Å². The molecule has 1 aromatic heterocycles. The van der Waals surface area contributed by atoms with Gasteiger partial charge in [-0.2, -0.15) is 0 Å². The van der Waals surface area contributed by atoms with Crippen molar-refractivity contribution in [1.29, 1.82) is 0 Å². The van der Waals surface area contributed by atoms with E-state index in [2.05, 4.69) is 27.8 Å². The summed E-state index contributed by atoms with van der Waals surface area (Å²) in [6.45, 7) is 1.68. The van der Waals surface area contributed by atoms with Crippen molar-refractivity contribution in [2.75, 3.05) is 13.2 Å². The molecule has 1 saturated heterocycles. The molecule has 0 radical (unpaired) electrons. The maximum absolute atomic E-state index is 5.40. The van der Waals surface area contributed by atoms with Gasteiger partial charge in [-0.05, 0) is 37.2 Å². The molecule has 1 aromatic carbocycles. The lowest BCUT2D eigenvalue weighted by Gasteiger charge is -2.23. The second-order valence-electron chi connectivity index (χ2n) is 4.16. The first-order valence-corrected chi connectivity index (χ1v) is 6.04. The van der Waals surface area contributed by atoms with Crippen LogP contribution in [0.5, 0.6) is 0 Å². The van der Waals surface area contributed by atoms with Gasteiger partial charge < -0.3 is 14.3 Å². The van der Waals surface area contributed by atoms with Crippen molar-refractivity contribution in [1.82, 2.24) is 9.55 Å². The van der Waals surface area contributed by atoms with Gasteiger partial charge in [0.15, 0.2) is 4.77 Å². The SMILES string of the molecule is S=c1[nH]c2ccccc2n1C1CCOCC1. The molecular weight excluding hydrogens is 220 g/mol. The van der Waals surface area contributed by atoms with Gasteiger partial charge in [0.1, 0.15) is 0 Å². The molecule has 0 aliphatic carbocycles. The summed E-state index contributed by atoms with van der Waals surface area (Å²) in [6.07, 6.45) is 2.10. The predicted octanol–water partition coefficient (Wildman–Crippen LogP) is 3.05. The summed E-state index contributed by atoms with van der Waals surface area (Å²) >= 11 is 5.40. The number of fused-ring (bicyclic) bond motifs is 1. The number of H-pyrrole nitrogens is 1. The average molecular weight is 234 g/mol. The molecule has 0 amide bonds. The Morgan fingerprint density at radius 2 is 2.00 bits per heavy atom. The van der Waals surface area contributed by atoms with Crippen LogP contribution >= 0.6 is 12.2 Å². The minimum absolute atomic E-state index is 0.484. The summed E-state index contributed by atoms with van der Waals surface area (Å²) in [6, 6.07) is 8.76. The van der Waals surface area contributed by atoms with Crippen molar-refractivity contribution in [3.05, 3.63) is 29.0 Å². The lowest BCUT2D eigenvalue weighted by Crippen LogP contribution is -2.19. The predicted molar refractivity (Wildman–Crippen MR) is 66.2 cm³/mol. The minimum Gasteiger partial charge on any atom is -0.381 e. The van der Waals surface area contributed by atoms with Crippen LogP contribution in [0.2, 0.25) is 0 Å². The molecule has 1 fully saturated rings. The number of aromatic amines is 1. The van der Waals surface area contributed by atoms with E-state index in [9.17, 15) is 0 Å². The standard InChI is InChI=1S/C12H14N2OS/c16-12-13-10-3-1-2-4-11(10)14(12)9-5-7-15-8-6-9/h1-4,9H,5-8H2,(H,13,16). The number of benzene rings is 1. The first kappa shape index (κ1) is 10.1. The van der Waals surface area contributed by atoms with Gasteiger partial charge in [-0.25, -0.2) is 0 Å². The summed E-state index contributed by atoms with van der Waals surface area (Å²) in [4.78, 5) is 3.26. The summed E-state index contributed by atoms with van der Waals surface area (Å²) in [5.74, 6) is 0. The molecule has 0 spiro atoms. The van der Waals surface area contributed by atoms with E-state index in [1.54, 1.807) is 0 Å². The van der Waals surface area contributed by atoms with Gasteiger partial charge in [0, 0.05) is 19.3 Å². The Balaban J connectivity index is 2.14. The van der Waals surface area contributed by atoms with Crippen molar-refractivity contribution < 1.29 is 4.74 Å². The van der Waals surface area contributed by atoms with Crippen molar-refractivity contribution in [2.45, 2.75) is 18.9 Å². The molecule has 4 heteroatoms. The third-order valence-electron chi connectivity index (χ3n) is 3.18. The fourth-order valence-corrected chi connectivity index (χ4v) is 2.74. The lowest BCUT2D eigenvalue weighted by molar-refractivity contribution is 0.0702. The molecule has 0 atom stereocenters. The lowest BCUT2D eigenvalue weighted by atomic mass is 10.1. The van der Waals surface area contributed by atoms with Crippen LogP contribution in [0.15, 0.2) is 24.3 Å². The van der Waals surface area contributed by atoms with Crippen LogP contribution < -0.4 is 0 Å². The Bertz CT molecular complexity index is 551. The first-order valence-electron chi connectivity index (χ1n) is 5.63. The van der Waals surface area contributed by atoms with Crippen LogP contribution in [0.25, 0.3) is 11.0 Å². The van der Waals surface area contributed by atoms with Gasteiger partial charge in [0.25, 0.3) is 0 Å². The van der Waals surface area contributed by atoms with E-state index in [1.807, 2.05) is 6.07 Å². The zero-order valence-corrected chi connectivity index (χ0v) is 9.80. The molecule has 2 aromatic rings. The second-order valence-corrected chi connectivity index (χ2v) is 4.55. The van der Waals surface area contributed by atoms with E-state index in [0.717, 1.165) is 36.3 Å². The van der Waals surface area contributed by atoms with Crippen LogP contribution in [-0.2, 0) is 4.74 Å². The van der Waals surface area contributed by atoms with Gasteiger partial charge in [-0.15, -0.1) is 0 Å². The van der Waals surface area contributed by atoms with E-state index in [4.69, 9.17) is 17.0 Å². The van der Waals surface area contributed by atoms with Crippen LogP contribution in [-0.4, -0.2) is 22.8 Å². The highest BCUT2D eigenvalue weighted by atomic mass is 32.1. The maximum Gasteiger partial charge on any atom is 0.178 e. The maximum atomic E-state index is 5.40. The normalized spacial score (nSPS) is 18.0. The Morgan fingerprint density at radius 1 is 1.25 bits per heavy atom. The smallest absolute Gasteiger partial charge is 0.178 e. The number of ether oxygens (including phenoxy) is 1. The van der Waals surface area contributed by atoms with E-state index in [0.29, 0.717) is 6.04 Å². The molecular formula is C12H14N2OS. The van der Waals surface area contributed by atoms with Crippen molar-refractivity contribution in [2.24, 2.45) is 0 Å². The van der Waals surface area contributed by atoms with Crippen LogP contribution in [0.1, 0.15) is 18.9 Å². The summed E-state index contributed by atoms with van der Waals surface area (Å²) in [5.41, 5.74) is 2.33. The Kier molecular flexibility index (Phi) is 2.53. The number of nitrogens with one attached hydrogen (secondary N) is 1. The second kappa shape index (κ2) is 4.03. The van der Waals surface area contributed by atoms with Gasteiger partial charge in [-0.3, -0.25) is 0 Å². The molecule has 3 nitrogen and oxygen atoms in total. The number of nitrogens with zero attached hydrogens (tertiary/aromatic N) is 1. The molecule has 16 heavy (non-hydrogen) atoms. The van der Waals surface area contributed by atoms with Gasteiger partial charge in [-0.1, -0.05) is 12.1 Å². The first-order chi connectivity index (χ1) is 7.86. The molecule has 3 rings (SSSR count). The zero-order chi connectivity index (χ0) is 11.0. The van der Waals surface area contributed by atoms with Crippen LogP contribution in [0.4, 0.5) is 0 Å².